The highest BCUT2D eigenvalue weighted by molar-refractivity contribution is 8.02. The molecule has 0 bridgehead atoms. The molecule has 5 rings (SSSR count). The lowest BCUT2D eigenvalue weighted by Crippen LogP contribution is -2.58. The highest BCUT2D eigenvalue weighted by Crippen LogP contribution is 2.66. The number of aliphatic hydroxyl groups excluding tert-OH is 1. The molecule has 0 aliphatic carbocycles. The molecule has 2 fully saturated rings. The third kappa shape index (κ3) is 3.70. The molecule has 1 aromatic rings. The summed E-state index contributed by atoms with van der Waals surface area (Å²) in [7, 11) is 1.77. The van der Waals surface area contributed by atoms with E-state index in [-0.39, 0.29) is 30.2 Å². The Balaban J connectivity index is 1.72. The van der Waals surface area contributed by atoms with E-state index in [4.69, 9.17) is 0 Å². The van der Waals surface area contributed by atoms with Crippen molar-refractivity contribution >= 4 is 35.2 Å². The number of hydrogen-bond donors (Lipinski definition) is 1. The number of likely N-dealkylation sites (tertiary alicyclic amines) is 1. The van der Waals surface area contributed by atoms with Crippen molar-refractivity contribution in [2.45, 2.75) is 62.6 Å². The summed E-state index contributed by atoms with van der Waals surface area (Å²) >= 11 is 1.58. The van der Waals surface area contributed by atoms with E-state index in [2.05, 4.69) is 6.08 Å². The molecule has 1 unspecified atom stereocenters. The first-order valence-corrected chi connectivity index (χ1v) is 14.4. The second-order valence-electron chi connectivity index (χ2n) is 11.6. The summed E-state index contributed by atoms with van der Waals surface area (Å²) in [6, 6.07) is 4.63. The van der Waals surface area contributed by atoms with Crippen molar-refractivity contribution in [2.24, 2.45) is 17.8 Å². The summed E-state index contributed by atoms with van der Waals surface area (Å²) in [5, 5.41) is 10.6. The third-order valence-corrected chi connectivity index (χ3v) is 11.0. The van der Waals surface area contributed by atoms with Gasteiger partial charge in [0.1, 0.15) is 6.04 Å². The molecule has 8 heteroatoms. The third-order valence-electron chi connectivity index (χ3n) is 9.25. The first kappa shape index (κ1) is 27.0. The summed E-state index contributed by atoms with van der Waals surface area (Å²) < 4.78 is -1.55. The SMILES string of the molecule is CC[C@H](C)[C@H](CO)N1C(=O)[C@@H]2[C@@H]3C(=O)N(C)CC=C[C@]3(C)S[C@@]23C=CCN(c2c(C)cccc2C)C(=O)C13. The fourth-order valence-corrected chi connectivity index (χ4v) is 9.33. The Bertz CT molecular complexity index is 1210. The van der Waals surface area contributed by atoms with E-state index in [0.717, 1.165) is 23.2 Å². The van der Waals surface area contributed by atoms with Crippen LogP contribution in [-0.4, -0.2) is 80.9 Å². The van der Waals surface area contributed by atoms with Crippen LogP contribution in [0.3, 0.4) is 0 Å². The van der Waals surface area contributed by atoms with Crippen LogP contribution in [0.2, 0.25) is 0 Å². The van der Waals surface area contributed by atoms with Crippen molar-refractivity contribution < 1.29 is 19.5 Å². The monoisotopic (exact) mass is 537 g/mol. The highest BCUT2D eigenvalue weighted by atomic mass is 32.2. The molecule has 204 valence electrons. The number of aryl methyl sites for hydroxylation is 2. The second kappa shape index (κ2) is 9.56. The Morgan fingerprint density at radius 1 is 1.03 bits per heavy atom. The maximum atomic E-state index is 14.8. The number of likely N-dealkylation sites (N-methyl/N-ethyl adjacent to an activating group) is 1. The summed E-state index contributed by atoms with van der Waals surface area (Å²) in [5.74, 6) is -1.73. The molecular formula is C30H39N3O4S. The van der Waals surface area contributed by atoms with Crippen LogP contribution < -0.4 is 4.90 Å². The molecule has 2 saturated heterocycles. The highest BCUT2D eigenvalue weighted by Gasteiger charge is 2.74. The zero-order valence-electron chi connectivity index (χ0n) is 23.2. The van der Waals surface area contributed by atoms with Gasteiger partial charge >= 0.3 is 0 Å². The summed E-state index contributed by atoms with van der Waals surface area (Å²) in [6.45, 7) is 10.7. The zero-order chi connectivity index (χ0) is 27.6. The average molecular weight is 538 g/mol. The van der Waals surface area contributed by atoms with Gasteiger partial charge in [0.05, 0.1) is 29.2 Å². The van der Waals surface area contributed by atoms with Crippen molar-refractivity contribution in [3.8, 4) is 0 Å². The minimum atomic E-state index is -0.919. The number of para-hydroxylation sites is 1. The number of nitrogens with zero attached hydrogens (tertiary/aromatic N) is 3. The van der Waals surface area contributed by atoms with E-state index in [0.29, 0.717) is 13.1 Å². The minimum Gasteiger partial charge on any atom is -0.394 e. The molecule has 0 radical (unpaired) electrons. The summed E-state index contributed by atoms with van der Waals surface area (Å²) in [4.78, 5) is 48.3. The van der Waals surface area contributed by atoms with Crippen LogP contribution in [0.5, 0.6) is 0 Å². The van der Waals surface area contributed by atoms with E-state index < -0.39 is 33.4 Å². The lowest BCUT2D eigenvalue weighted by atomic mass is 9.74. The number of amides is 3. The first-order valence-electron chi connectivity index (χ1n) is 13.6. The molecule has 3 amide bonds. The number of thioether (sulfide) groups is 1. The normalized spacial score (nSPS) is 34.1. The number of rotatable bonds is 5. The molecule has 7 atom stereocenters. The first-order chi connectivity index (χ1) is 18.0. The van der Waals surface area contributed by atoms with Gasteiger partial charge < -0.3 is 19.8 Å². The Labute approximate surface area is 229 Å². The van der Waals surface area contributed by atoms with Crippen LogP contribution in [0.25, 0.3) is 0 Å². The van der Waals surface area contributed by atoms with Gasteiger partial charge in [-0.25, -0.2) is 0 Å². The molecule has 4 aliphatic heterocycles. The topological polar surface area (TPSA) is 81.2 Å². The van der Waals surface area contributed by atoms with Gasteiger partial charge in [0.25, 0.3) is 5.91 Å². The van der Waals surface area contributed by atoms with Gasteiger partial charge in [-0.15, -0.1) is 11.8 Å². The van der Waals surface area contributed by atoms with Crippen molar-refractivity contribution in [1.82, 2.24) is 9.80 Å². The Hall–Kier alpha value is -2.58. The average Bonchev–Trinajstić information content (AvgIpc) is 3.15. The van der Waals surface area contributed by atoms with Gasteiger partial charge in [-0.05, 0) is 37.8 Å². The quantitative estimate of drug-likeness (QED) is 0.583. The maximum Gasteiger partial charge on any atom is 0.251 e. The zero-order valence-corrected chi connectivity index (χ0v) is 24.0. The molecule has 1 aromatic carbocycles. The molecule has 7 nitrogen and oxygen atoms in total. The molecule has 4 aliphatic rings. The van der Waals surface area contributed by atoms with Crippen LogP contribution in [0.1, 0.15) is 38.3 Å². The van der Waals surface area contributed by atoms with Crippen molar-refractivity contribution in [3.05, 3.63) is 53.6 Å². The van der Waals surface area contributed by atoms with E-state index in [9.17, 15) is 19.5 Å². The van der Waals surface area contributed by atoms with Gasteiger partial charge in [0, 0.05) is 30.6 Å². The van der Waals surface area contributed by atoms with Gasteiger partial charge in [-0.1, -0.05) is 62.8 Å². The smallest absolute Gasteiger partial charge is 0.251 e. The van der Waals surface area contributed by atoms with Crippen LogP contribution in [0, 0.1) is 31.6 Å². The molecular weight excluding hydrogens is 498 g/mol. The molecule has 38 heavy (non-hydrogen) atoms. The van der Waals surface area contributed by atoms with E-state index in [1.165, 1.54) is 0 Å². The summed E-state index contributed by atoms with van der Waals surface area (Å²) in [6.07, 6.45) is 8.87. The van der Waals surface area contributed by atoms with E-state index in [1.54, 1.807) is 33.5 Å². The minimum absolute atomic E-state index is 0.0164. The number of aliphatic hydroxyl groups is 1. The van der Waals surface area contributed by atoms with Crippen LogP contribution in [0.4, 0.5) is 5.69 Å². The molecule has 1 spiro atoms. The van der Waals surface area contributed by atoms with Gasteiger partial charge in [-0.2, -0.15) is 0 Å². The van der Waals surface area contributed by atoms with Gasteiger partial charge in [-0.3, -0.25) is 14.4 Å². The Kier molecular flexibility index (Phi) is 6.79. The molecule has 1 N–H and O–H groups in total. The largest absolute Gasteiger partial charge is 0.394 e. The van der Waals surface area contributed by atoms with Crippen molar-refractivity contribution in [1.29, 1.82) is 0 Å². The van der Waals surface area contributed by atoms with E-state index >= 15 is 0 Å². The van der Waals surface area contributed by atoms with Crippen molar-refractivity contribution in [2.75, 3.05) is 31.6 Å². The number of hydrogen-bond acceptors (Lipinski definition) is 5. The predicted molar refractivity (Wildman–Crippen MR) is 151 cm³/mol. The van der Waals surface area contributed by atoms with Crippen LogP contribution in [0.15, 0.2) is 42.5 Å². The summed E-state index contributed by atoms with van der Waals surface area (Å²) in [5.41, 5.74) is 2.84. The number of carbonyl (C=O) groups is 3. The molecule has 0 aromatic heterocycles. The lowest BCUT2D eigenvalue weighted by molar-refractivity contribution is -0.145. The van der Waals surface area contributed by atoms with Crippen molar-refractivity contribution in [3.63, 3.8) is 0 Å². The van der Waals surface area contributed by atoms with Crippen LogP contribution in [-0.2, 0) is 14.4 Å². The standard InChI is InChI=1S/C30H39N3O4S/c1-7-18(2)21(17-34)33-25-28(37)32(24-19(3)11-8-12-20(24)4)16-10-14-30(25)23(27(33)36)22-26(35)31(6)15-9-13-29(22,5)38-30/h8-14,18,21-23,25,34H,7,15-17H2,1-6H3/t18-,21-,22+,23-,25?,29-,30-/m0/s1. The predicted octanol–water partition coefficient (Wildman–Crippen LogP) is 3.33. The fraction of sp³-hybridized carbons (Fsp3) is 0.567. The molecule has 4 heterocycles. The number of carbonyl (C=O) groups excluding carboxylic acids is 3. The number of benzene rings is 1. The maximum absolute atomic E-state index is 14.8. The Morgan fingerprint density at radius 2 is 1.68 bits per heavy atom. The lowest BCUT2D eigenvalue weighted by Gasteiger charge is -2.41. The van der Waals surface area contributed by atoms with Crippen LogP contribution >= 0.6 is 11.8 Å². The Morgan fingerprint density at radius 3 is 2.32 bits per heavy atom. The fourth-order valence-electron chi connectivity index (χ4n) is 7.19. The number of fused-ring (bicyclic) bond motifs is 2. The second-order valence-corrected chi connectivity index (χ2v) is 13.4. The van der Waals surface area contributed by atoms with Gasteiger partial charge in [0.15, 0.2) is 0 Å². The molecule has 0 saturated carbocycles. The van der Waals surface area contributed by atoms with Gasteiger partial charge in [0.2, 0.25) is 11.8 Å². The number of anilines is 1. The van der Waals surface area contributed by atoms with E-state index in [1.807, 2.05) is 71.0 Å².